The molecule has 0 radical (unpaired) electrons. The van der Waals surface area contributed by atoms with Gasteiger partial charge < -0.3 is 33.4 Å². The van der Waals surface area contributed by atoms with Gasteiger partial charge in [-0.2, -0.15) is 0 Å². The van der Waals surface area contributed by atoms with E-state index in [-0.39, 0.29) is 38.7 Å². The Morgan fingerprint density at radius 1 is 0.667 bits per heavy atom. The number of carbonyl (C=O) groups is 5. The topological polar surface area (TPSA) is 157 Å². The van der Waals surface area contributed by atoms with Crippen molar-refractivity contribution in [3.8, 4) is 0 Å². The number of benzene rings is 1. The number of para-hydroxylation sites is 1. The third-order valence-electron chi connectivity index (χ3n) is 7.14. The molecule has 45 heavy (non-hydrogen) atoms. The Hall–Kier alpha value is -3.93. The smallest absolute Gasteiger partial charge is 0.308 e. The molecule has 1 N–H and O–H groups in total. The minimum absolute atomic E-state index is 0.0334. The van der Waals surface area contributed by atoms with Gasteiger partial charge in [0.2, 0.25) is 12.4 Å². The normalized spacial score (nSPS) is 21.1. The third kappa shape index (κ3) is 10.6. The second-order valence-electron chi connectivity index (χ2n) is 10.9. The molecule has 1 aromatic carbocycles. The summed E-state index contributed by atoms with van der Waals surface area (Å²) in [5, 5.41) is 0.971. The number of aromatic amines is 1. The molecule has 1 aliphatic heterocycles. The van der Waals surface area contributed by atoms with Crippen LogP contribution < -0.4 is 0 Å². The first-order chi connectivity index (χ1) is 21.7. The van der Waals surface area contributed by atoms with E-state index in [4.69, 9.17) is 28.4 Å². The highest BCUT2D eigenvalue weighted by Gasteiger charge is 2.54. The van der Waals surface area contributed by atoms with Gasteiger partial charge in [-0.1, -0.05) is 45.9 Å². The van der Waals surface area contributed by atoms with Crippen LogP contribution in [0, 0.1) is 0 Å². The molecule has 12 nitrogen and oxygen atoms in total. The quantitative estimate of drug-likeness (QED) is 0.188. The van der Waals surface area contributed by atoms with Crippen molar-refractivity contribution in [1.29, 1.82) is 0 Å². The first kappa shape index (κ1) is 35.5. The van der Waals surface area contributed by atoms with E-state index in [9.17, 15) is 24.0 Å². The summed E-state index contributed by atoms with van der Waals surface area (Å²) in [6.45, 7) is 6.80. The fourth-order valence-corrected chi connectivity index (χ4v) is 4.97. The second kappa shape index (κ2) is 18.1. The van der Waals surface area contributed by atoms with Crippen LogP contribution in [0.2, 0.25) is 0 Å². The van der Waals surface area contributed by atoms with Gasteiger partial charge >= 0.3 is 29.8 Å². The van der Waals surface area contributed by atoms with E-state index < -0.39 is 60.6 Å². The Morgan fingerprint density at radius 3 is 1.82 bits per heavy atom. The zero-order valence-corrected chi connectivity index (χ0v) is 26.5. The van der Waals surface area contributed by atoms with Crippen molar-refractivity contribution in [2.75, 3.05) is 6.61 Å². The van der Waals surface area contributed by atoms with Crippen LogP contribution in [0.3, 0.4) is 0 Å². The van der Waals surface area contributed by atoms with Crippen LogP contribution >= 0.6 is 0 Å². The molecular formula is C33H45NO11. The lowest BCUT2D eigenvalue weighted by molar-refractivity contribution is -0.301. The van der Waals surface area contributed by atoms with Crippen LogP contribution in [0.4, 0.5) is 0 Å². The van der Waals surface area contributed by atoms with Crippen LogP contribution in [0.1, 0.15) is 91.0 Å². The van der Waals surface area contributed by atoms with E-state index in [2.05, 4.69) is 4.98 Å². The molecule has 0 aliphatic carbocycles. The summed E-state index contributed by atoms with van der Waals surface area (Å²) in [4.78, 5) is 66.9. The molecule has 1 saturated heterocycles. The molecule has 1 fully saturated rings. The molecule has 3 rings (SSSR count). The van der Waals surface area contributed by atoms with E-state index in [1.807, 2.05) is 37.4 Å². The van der Waals surface area contributed by atoms with Gasteiger partial charge in [-0.3, -0.25) is 24.0 Å². The lowest BCUT2D eigenvalue weighted by Gasteiger charge is -2.44. The van der Waals surface area contributed by atoms with Gasteiger partial charge in [0.1, 0.15) is 12.7 Å². The second-order valence-corrected chi connectivity index (χ2v) is 10.9. The van der Waals surface area contributed by atoms with Crippen LogP contribution in [-0.4, -0.2) is 72.1 Å². The number of nitrogens with one attached hydrogen (secondary N) is 1. The summed E-state index contributed by atoms with van der Waals surface area (Å²) in [5.41, 5.74) is 1.84. The minimum atomic E-state index is -1.54. The minimum Gasteiger partial charge on any atom is -0.463 e. The van der Waals surface area contributed by atoms with Crippen LogP contribution in [0.25, 0.3) is 10.9 Å². The number of rotatable bonds is 17. The highest BCUT2D eigenvalue weighted by atomic mass is 16.7. The van der Waals surface area contributed by atoms with Crippen molar-refractivity contribution >= 4 is 40.7 Å². The molecule has 0 unspecified atom stereocenters. The molecule has 12 heteroatoms. The van der Waals surface area contributed by atoms with Gasteiger partial charge in [-0.25, -0.2) is 0 Å². The molecule has 1 aliphatic rings. The first-order valence-electron chi connectivity index (χ1n) is 15.8. The molecular weight excluding hydrogens is 586 g/mol. The molecule has 0 bridgehead atoms. The molecule has 0 spiro atoms. The van der Waals surface area contributed by atoms with E-state index in [1.165, 1.54) is 0 Å². The van der Waals surface area contributed by atoms with E-state index in [0.29, 0.717) is 32.1 Å². The zero-order chi connectivity index (χ0) is 32.8. The maximum absolute atomic E-state index is 13.2. The van der Waals surface area contributed by atoms with Gasteiger partial charge in [-0.15, -0.1) is 0 Å². The molecule has 2 heterocycles. The fourth-order valence-electron chi connectivity index (χ4n) is 4.97. The largest absolute Gasteiger partial charge is 0.463 e. The maximum Gasteiger partial charge on any atom is 0.308 e. The molecule has 5 atom stereocenters. The van der Waals surface area contributed by atoms with Crippen molar-refractivity contribution in [3.05, 3.63) is 36.0 Å². The Kier molecular flexibility index (Phi) is 14.3. The number of fused-ring (bicyclic) bond motifs is 1. The van der Waals surface area contributed by atoms with Crippen molar-refractivity contribution in [2.45, 2.75) is 123 Å². The molecule has 2 aromatic rings. The lowest BCUT2D eigenvalue weighted by atomic mass is 9.97. The average Bonchev–Trinajstić information content (AvgIpc) is 3.41. The predicted molar refractivity (Wildman–Crippen MR) is 162 cm³/mol. The lowest BCUT2D eigenvalue weighted by Crippen LogP contribution is -2.63. The van der Waals surface area contributed by atoms with Crippen LogP contribution in [-0.2, 0) is 58.8 Å². The number of ether oxygens (including phenoxy) is 6. The van der Waals surface area contributed by atoms with Crippen molar-refractivity contribution in [2.24, 2.45) is 0 Å². The monoisotopic (exact) mass is 631 g/mol. The third-order valence-corrected chi connectivity index (χ3v) is 7.14. The van der Waals surface area contributed by atoms with E-state index >= 15 is 0 Å². The first-order valence-corrected chi connectivity index (χ1v) is 15.8. The van der Waals surface area contributed by atoms with E-state index in [0.717, 1.165) is 16.5 Å². The number of esters is 5. The molecule has 0 amide bonds. The molecule has 1 aromatic heterocycles. The number of aryl methyl sites for hydroxylation is 1. The zero-order valence-electron chi connectivity index (χ0n) is 26.5. The molecule has 248 valence electrons. The van der Waals surface area contributed by atoms with Crippen LogP contribution in [0.5, 0.6) is 0 Å². The van der Waals surface area contributed by atoms with Gasteiger partial charge in [0, 0.05) is 49.2 Å². The average molecular weight is 632 g/mol. The SMILES string of the molecule is CCCC(=O)OC[C@H]1O[C@@H](OC(=O)CCc2c[nH]c3ccccc23)[C@H](OC(=O)CCC)[C@@H](OC(=O)CCC)[C@@H]1OC(=O)CCC. The summed E-state index contributed by atoms with van der Waals surface area (Å²) >= 11 is 0. The summed E-state index contributed by atoms with van der Waals surface area (Å²) < 4.78 is 34.4. The van der Waals surface area contributed by atoms with Crippen molar-refractivity contribution < 1.29 is 52.4 Å². The van der Waals surface area contributed by atoms with Crippen molar-refractivity contribution in [1.82, 2.24) is 4.98 Å². The number of hydrogen-bond donors (Lipinski definition) is 1. The summed E-state index contributed by atoms with van der Waals surface area (Å²) in [7, 11) is 0. The number of hydrogen-bond acceptors (Lipinski definition) is 11. The van der Waals surface area contributed by atoms with Gasteiger partial charge in [0.15, 0.2) is 12.2 Å². The highest BCUT2D eigenvalue weighted by molar-refractivity contribution is 5.83. The summed E-state index contributed by atoms with van der Waals surface area (Å²) in [6.07, 6.45) is -2.56. The number of aromatic nitrogens is 1. The van der Waals surface area contributed by atoms with Gasteiger partial charge in [0.25, 0.3) is 0 Å². The van der Waals surface area contributed by atoms with Gasteiger partial charge in [0.05, 0.1) is 0 Å². The Balaban J connectivity index is 1.92. The fraction of sp³-hybridized carbons (Fsp3) is 0.606. The summed E-state index contributed by atoms with van der Waals surface area (Å²) in [6, 6.07) is 7.68. The standard InChI is InChI=1S/C33H45NO11/c1-5-11-25(35)40-20-24-30(42-26(36)12-6-2)31(43-27(37)13-7-3)32(44-28(38)14-8-4)33(41-24)45-29(39)18-17-21-19-34-23-16-10-9-15-22(21)23/h9-10,15-16,19,24,30-34H,5-8,11-14,17-18,20H2,1-4H3/t24-,30-,31+,32-,33+/m1/s1. The number of carbonyl (C=O) groups excluding carboxylic acids is 5. The highest BCUT2D eigenvalue weighted by Crippen LogP contribution is 2.31. The van der Waals surface area contributed by atoms with E-state index in [1.54, 1.807) is 20.8 Å². The molecule has 0 saturated carbocycles. The Labute approximate surface area is 263 Å². The Bertz CT molecular complexity index is 1290. The maximum atomic E-state index is 13.2. The van der Waals surface area contributed by atoms with Crippen LogP contribution in [0.15, 0.2) is 30.5 Å². The Morgan fingerprint density at radius 2 is 1.20 bits per heavy atom. The predicted octanol–water partition coefficient (Wildman–Crippen LogP) is 4.85. The van der Waals surface area contributed by atoms with Crippen molar-refractivity contribution in [3.63, 3.8) is 0 Å². The van der Waals surface area contributed by atoms with Gasteiger partial charge in [-0.05, 0) is 43.7 Å². The number of H-pyrrole nitrogens is 1. The summed E-state index contributed by atoms with van der Waals surface area (Å²) in [5.74, 6) is -3.07.